The van der Waals surface area contributed by atoms with Crippen LogP contribution in [0.4, 0.5) is 0 Å². The van der Waals surface area contributed by atoms with E-state index in [1.807, 2.05) is 45.9 Å². The summed E-state index contributed by atoms with van der Waals surface area (Å²) >= 11 is 0. The summed E-state index contributed by atoms with van der Waals surface area (Å²) in [7, 11) is 0. The Morgan fingerprint density at radius 2 is 1.44 bits per heavy atom. The minimum Gasteiger partial charge on any atom is -0.303 e. The molecular formula is C16H28O2. The zero-order chi connectivity index (χ0) is 14.4. The molecule has 0 aromatic carbocycles. The van der Waals surface area contributed by atoms with E-state index in [-0.39, 0.29) is 5.92 Å². The van der Waals surface area contributed by atoms with Gasteiger partial charge in [0.05, 0.1) is 0 Å². The van der Waals surface area contributed by atoms with Crippen molar-refractivity contribution in [1.29, 1.82) is 0 Å². The molecular weight excluding hydrogens is 224 g/mol. The van der Waals surface area contributed by atoms with Crippen LogP contribution in [0.25, 0.3) is 0 Å². The van der Waals surface area contributed by atoms with Gasteiger partial charge in [0.25, 0.3) is 0 Å². The van der Waals surface area contributed by atoms with Gasteiger partial charge < -0.3 is 9.59 Å². The molecule has 18 heavy (non-hydrogen) atoms. The lowest BCUT2D eigenvalue weighted by molar-refractivity contribution is -0.111. The zero-order valence-electron chi connectivity index (χ0n) is 12.4. The van der Waals surface area contributed by atoms with Gasteiger partial charge in [-0.05, 0) is 32.1 Å². The van der Waals surface area contributed by atoms with Crippen LogP contribution in [0, 0.1) is 17.8 Å². The number of carbonyl (C=O) groups is 2. The van der Waals surface area contributed by atoms with Gasteiger partial charge in [0, 0.05) is 12.3 Å². The molecule has 0 spiro atoms. The summed E-state index contributed by atoms with van der Waals surface area (Å²) in [4.78, 5) is 20.1. The standard InChI is InChI=1S/2C8H14O/c1-4-5-7(2)8(3)6-9;1-3-5-8(2)6-4-7-9/h4-8H,1-3H3;3,5,7-8H,4,6H2,1-2H3/b5-4+;5-3+. The van der Waals surface area contributed by atoms with Crippen molar-refractivity contribution < 1.29 is 9.59 Å². The van der Waals surface area contributed by atoms with Crippen LogP contribution in [0.3, 0.4) is 0 Å². The number of rotatable bonds is 7. The molecule has 0 fully saturated rings. The van der Waals surface area contributed by atoms with E-state index in [9.17, 15) is 9.59 Å². The highest BCUT2D eigenvalue weighted by atomic mass is 16.1. The summed E-state index contributed by atoms with van der Waals surface area (Å²) in [6.45, 7) is 10.0. The van der Waals surface area contributed by atoms with Crippen molar-refractivity contribution in [1.82, 2.24) is 0 Å². The normalized spacial score (nSPS) is 15.8. The second-order valence-corrected chi connectivity index (χ2v) is 4.63. The lowest BCUT2D eigenvalue weighted by Crippen LogP contribution is -2.05. The van der Waals surface area contributed by atoms with E-state index >= 15 is 0 Å². The summed E-state index contributed by atoms with van der Waals surface area (Å²) < 4.78 is 0. The van der Waals surface area contributed by atoms with Crippen LogP contribution in [0.5, 0.6) is 0 Å². The van der Waals surface area contributed by atoms with Crippen molar-refractivity contribution in [2.45, 2.75) is 47.5 Å². The molecule has 0 saturated heterocycles. The molecule has 0 aromatic heterocycles. The molecule has 104 valence electrons. The third-order valence-corrected chi connectivity index (χ3v) is 2.80. The summed E-state index contributed by atoms with van der Waals surface area (Å²) in [6, 6.07) is 0. The van der Waals surface area contributed by atoms with E-state index in [0.29, 0.717) is 18.3 Å². The Hall–Kier alpha value is -1.18. The van der Waals surface area contributed by atoms with E-state index in [2.05, 4.69) is 13.0 Å². The van der Waals surface area contributed by atoms with Crippen molar-refractivity contribution in [3.8, 4) is 0 Å². The lowest BCUT2D eigenvalue weighted by atomic mass is 9.97. The maximum absolute atomic E-state index is 10.2. The predicted molar refractivity (Wildman–Crippen MR) is 78.5 cm³/mol. The molecule has 0 saturated carbocycles. The van der Waals surface area contributed by atoms with Crippen LogP contribution in [0.1, 0.15) is 47.5 Å². The monoisotopic (exact) mass is 252 g/mol. The van der Waals surface area contributed by atoms with Gasteiger partial charge in [-0.25, -0.2) is 0 Å². The van der Waals surface area contributed by atoms with Crippen LogP contribution in [-0.2, 0) is 9.59 Å². The second-order valence-electron chi connectivity index (χ2n) is 4.63. The maximum Gasteiger partial charge on any atom is 0.123 e. The molecule has 0 bridgehead atoms. The van der Waals surface area contributed by atoms with Gasteiger partial charge in [-0.15, -0.1) is 0 Å². The minimum atomic E-state index is 0.154. The Labute approximate surface area is 112 Å². The highest BCUT2D eigenvalue weighted by Gasteiger charge is 2.05. The van der Waals surface area contributed by atoms with E-state index in [4.69, 9.17) is 0 Å². The quantitative estimate of drug-likeness (QED) is 0.502. The number of allylic oxidation sites excluding steroid dienone is 4. The van der Waals surface area contributed by atoms with Crippen molar-refractivity contribution >= 4 is 12.6 Å². The van der Waals surface area contributed by atoms with Crippen molar-refractivity contribution in [3.63, 3.8) is 0 Å². The second kappa shape index (κ2) is 13.9. The molecule has 3 atom stereocenters. The van der Waals surface area contributed by atoms with E-state index in [0.717, 1.165) is 19.0 Å². The minimum absolute atomic E-state index is 0.154. The molecule has 0 radical (unpaired) electrons. The Balaban J connectivity index is 0. The van der Waals surface area contributed by atoms with Crippen LogP contribution >= 0.6 is 0 Å². The van der Waals surface area contributed by atoms with Crippen molar-refractivity contribution in [2.75, 3.05) is 0 Å². The number of hydrogen-bond acceptors (Lipinski definition) is 2. The molecule has 3 unspecified atom stereocenters. The third kappa shape index (κ3) is 12.9. The van der Waals surface area contributed by atoms with Crippen LogP contribution in [0.2, 0.25) is 0 Å². The van der Waals surface area contributed by atoms with E-state index in [1.165, 1.54) is 0 Å². The Morgan fingerprint density at radius 3 is 1.83 bits per heavy atom. The Bertz CT molecular complexity index is 254. The van der Waals surface area contributed by atoms with Gasteiger partial charge in [-0.1, -0.05) is 45.1 Å². The molecule has 0 aliphatic heterocycles. The highest BCUT2D eigenvalue weighted by molar-refractivity contribution is 5.53. The first-order chi connectivity index (χ1) is 8.53. The van der Waals surface area contributed by atoms with Crippen molar-refractivity contribution in [3.05, 3.63) is 24.3 Å². The molecule has 2 nitrogen and oxygen atoms in total. The Kier molecular flexibility index (Phi) is 14.8. The molecule has 0 aromatic rings. The van der Waals surface area contributed by atoms with E-state index < -0.39 is 0 Å². The summed E-state index contributed by atoms with van der Waals surface area (Å²) in [5.41, 5.74) is 0. The van der Waals surface area contributed by atoms with Gasteiger partial charge in [-0.2, -0.15) is 0 Å². The van der Waals surface area contributed by atoms with Gasteiger partial charge >= 0.3 is 0 Å². The fourth-order valence-electron chi connectivity index (χ4n) is 1.36. The fraction of sp³-hybridized carbons (Fsp3) is 0.625. The van der Waals surface area contributed by atoms with Crippen molar-refractivity contribution in [2.24, 2.45) is 17.8 Å². The lowest BCUT2D eigenvalue weighted by Gasteiger charge is -2.06. The molecule has 2 heteroatoms. The van der Waals surface area contributed by atoms with Gasteiger partial charge in [-0.3, -0.25) is 0 Å². The molecule has 0 aliphatic carbocycles. The van der Waals surface area contributed by atoms with Crippen LogP contribution < -0.4 is 0 Å². The number of aldehydes is 2. The molecule has 0 heterocycles. The topological polar surface area (TPSA) is 34.1 Å². The van der Waals surface area contributed by atoms with Gasteiger partial charge in [0.15, 0.2) is 0 Å². The summed E-state index contributed by atoms with van der Waals surface area (Å²) in [5, 5.41) is 0. The van der Waals surface area contributed by atoms with Crippen LogP contribution in [-0.4, -0.2) is 12.6 Å². The smallest absolute Gasteiger partial charge is 0.123 e. The number of carbonyl (C=O) groups excluding carboxylic acids is 2. The van der Waals surface area contributed by atoms with Crippen LogP contribution in [0.15, 0.2) is 24.3 Å². The average Bonchev–Trinajstić information content (AvgIpc) is 2.36. The SMILES string of the molecule is C/C=C/C(C)C(C)C=O.C/C=C/C(C)CCC=O. The highest BCUT2D eigenvalue weighted by Crippen LogP contribution is 2.08. The first-order valence-corrected chi connectivity index (χ1v) is 6.67. The molecule has 0 amide bonds. The fourth-order valence-corrected chi connectivity index (χ4v) is 1.36. The molecule has 0 aliphatic rings. The zero-order valence-corrected chi connectivity index (χ0v) is 12.4. The average molecular weight is 252 g/mol. The van der Waals surface area contributed by atoms with Gasteiger partial charge in [0.2, 0.25) is 0 Å². The summed E-state index contributed by atoms with van der Waals surface area (Å²) in [5.74, 6) is 1.09. The van der Waals surface area contributed by atoms with Gasteiger partial charge in [0.1, 0.15) is 12.6 Å². The summed E-state index contributed by atoms with van der Waals surface area (Å²) in [6.07, 6.45) is 11.8. The first-order valence-electron chi connectivity index (χ1n) is 6.67. The first kappa shape index (κ1) is 19.2. The van der Waals surface area contributed by atoms with E-state index in [1.54, 1.807) is 0 Å². The predicted octanol–water partition coefficient (Wildman–Crippen LogP) is 4.21. The third-order valence-electron chi connectivity index (χ3n) is 2.80. The molecule has 0 rings (SSSR count). The Morgan fingerprint density at radius 1 is 0.889 bits per heavy atom. The largest absolute Gasteiger partial charge is 0.303 e. The maximum atomic E-state index is 10.2. The molecule has 0 N–H and O–H groups in total. The number of hydrogen-bond donors (Lipinski definition) is 0.